The topological polar surface area (TPSA) is 57.6 Å². The Bertz CT molecular complexity index is 467. The first-order chi connectivity index (χ1) is 8.02. The molecule has 1 aliphatic rings. The van der Waals surface area contributed by atoms with E-state index in [1.165, 1.54) is 4.90 Å². The second-order valence-corrected chi connectivity index (χ2v) is 4.55. The lowest BCUT2D eigenvalue weighted by molar-refractivity contribution is -0.140. The van der Waals surface area contributed by atoms with Gasteiger partial charge in [0.15, 0.2) is 0 Å². The van der Waals surface area contributed by atoms with Crippen LogP contribution in [0.5, 0.6) is 0 Å². The Hall–Kier alpha value is -1.84. The minimum Gasteiger partial charge on any atom is -0.480 e. The van der Waals surface area contributed by atoms with Crippen LogP contribution in [0, 0.1) is 5.92 Å². The molecule has 0 saturated carbocycles. The van der Waals surface area contributed by atoms with E-state index in [1.807, 2.05) is 18.2 Å². The third kappa shape index (κ3) is 1.90. The molecule has 1 amide bonds. The van der Waals surface area contributed by atoms with E-state index in [9.17, 15) is 14.7 Å². The number of carboxylic acid groups (broad SMARTS) is 1. The minimum atomic E-state index is -0.949. The number of amides is 1. The van der Waals surface area contributed by atoms with Crippen molar-refractivity contribution in [2.24, 2.45) is 5.92 Å². The van der Waals surface area contributed by atoms with Gasteiger partial charge >= 0.3 is 5.97 Å². The van der Waals surface area contributed by atoms with Crippen molar-refractivity contribution in [2.45, 2.75) is 26.3 Å². The second kappa shape index (κ2) is 4.20. The molecule has 0 aliphatic carbocycles. The Labute approximate surface area is 99.9 Å². The molecule has 4 heteroatoms. The molecule has 0 bridgehead atoms. The van der Waals surface area contributed by atoms with Crippen LogP contribution in [0.3, 0.4) is 0 Å². The van der Waals surface area contributed by atoms with Crippen molar-refractivity contribution in [1.29, 1.82) is 0 Å². The first-order valence-electron chi connectivity index (χ1n) is 5.66. The summed E-state index contributed by atoms with van der Waals surface area (Å²) < 4.78 is 0. The Kier molecular flexibility index (Phi) is 2.88. The minimum absolute atomic E-state index is 0.137. The normalized spacial score (nSPS) is 18.3. The second-order valence-electron chi connectivity index (χ2n) is 4.55. The van der Waals surface area contributed by atoms with Crippen molar-refractivity contribution in [3.8, 4) is 0 Å². The van der Waals surface area contributed by atoms with Gasteiger partial charge in [-0.3, -0.25) is 9.69 Å². The van der Waals surface area contributed by atoms with Gasteiger partial charge in [0.05, 0.1) is 0 Å². The highest BCUT2D eigenvalue weighted by Crippen LogP contribution is 2.33. The first-order valence-corrected chi connectivity index (χ1v) is 5.66. The fourth-order valence-electron chi connectivity index (χ4n) is 2.13. The molecule has 1 atom stereocenters. The molecule has 0 fully saturated rings. The zero-order valence-electron chi connectivity index (χ0n) is 9.88. The number of carboxylic acids is 1. The zero-order chi connectivity index (χ0) is 12.6. The van der Waals surface area contributed by atoms with Gasteiger partial charge in [-0.25, -0.2) is 4.79 Å². The van der Waals surface area contributed by atoms with E-state index >= 15 is 0 Å². The Balaban J connectivity index is 2.44. The summed E-state index contributed by atoms with van der Waals surface area (Å²) in [6, 6.07) is 6.60. The molecule has 0 aromatic heterocycles. The van der Waals surface area contributed by atoms with Gasteiger partial charge in [0.2, 0.25) is 5.91 Å². The molecule has 1 aromatic carbocycles. The molecule has 1 aliphatic heterocycles. The van der Waals surface area contributed by atoms with E-state index in [-0.39, 0.29) is 11.8 Å². The molecule has 2 rings (SSSR count). The standard InChI is InChI=1S/C13H15NO3/c1-8(2)12(15)14-10-6-4-3-5-9(10)7-11(14)13(16)17/h3-6,8,11H,7H2,1-2H3,(H,16,17)/t11-/m0/s1. The van der Waals surface area contributed by atoms with Crippen LogP contribution in [0.2, 0.25) is 0 Å². The summed E-state index contributed by atoms with van der Waals surface area (Å²) in [5.41, 5.74) is 1.66. The lowest BCUT2D eigenvalue weighted by atomic mass is 10.1. The fraction of sp³-hybridized carbons (Fsp3) is 0.385. The molecular formula is C13H15NO3. The van der Waals surface area contributed by atoms with Gasteiger partial charge in [0, 0.05) is 18.0 Å². The van der Waals surface area contributed by atoms with Crippen LogP contribution in [0.1, 0.15) is 19.4 Å². The van der Waals surface area contributed by atoms with Crippen LogP contribution in [0.4, 0.5) is 5.69 Å². The predicted molar refractivity (Wildman–Crippen MR) is 63.9 cm³/mol. The highest BCUT2D eigenvalue weighted by molar-refractivity contribution is 6.02. The van der Waals surface area contributed by atoms with Gasteiger partial charge in [-0.1, -0.05) is 32.0 Å². The third-order valence-electron chi connectivity index (χ3n) is 2.99. The van der Waals surface area contributed by atoms with Crippen LogP contribution in [0.15, 0.2) is 24.3 Å². The molecule has 4 nitrogen and oxygen atoms in total. The smallest absolute Gasteiger partial charge is 0.327 e. The number of hydrogen-bond acceptors (Lipinski definition) is 2. The van der Waals surface area contributed by atoms with E-state index in [1.54, 1.807) is 19.9 Å². The van der Waals surface area contributed by atoms with Crippen LogP contribution < -0.4 is 4.90 Å². The molecule has 0 unspecified atom stereocenters. The predicted octanol–water partition coefficient (Wildman–Crippen LogP) is 1.68. The Morgan fingerprint density at radius 2 is 2.00 bits per heavy atom. The van der Waals surface area contributed by atoms with E-state index in [0.717, 1.165) is 11.3 Å². The Morgan fingerprint density at radius 3 is 2.59 bits per heavy atom. The monoisotopic (exact) mass is 233 g/mol. The largest absolute Gasteiger partial charge is 0.480 e. The molecular weight excluding hydrogens is 218 g/mol. The molecule has 0 radical (unpaired) electrons. The molecule has 17 heavy (non-hydrogen) atoms. The van der Waals surface area contributed by atoms with E-state index in [4.69, 9.17) is 0 Å². The number of nitrogens with zero attached hydrogens (tertiary/aromatic N) is 1. The van der Waals surface area contributed by atoms with Crippen LogP contribution in [0.25, 0.3) is 0 Å². The number of fused-ring (bicyclic) bond motifs is 1. The Morgan fingerprint density at radius 1 is 1.35 bits per heavy atom. The zero-order valence-corrected chi connectivity index (χ0v) is 9.88. The summed E-state index contributed by atoms with van der Waals surface area (Å²) in [7, 11) is 0. The highest BCUT2D eigenvalue weighted by Gasteiger charge is 2.38. The van der Waals surface area contributed by atoms with Crippen molar-refractivity contribution in [2.75, 3.05) is 4.90 Å². The molecule has 0 saturated heterocycles. The van der Waals surface area contributed by atoms with Crippen LogP contribution in [-0.2, 0) is 16.0 Å². The van der Waals surface area contributed by atoms with Crippen molar-refractivity contribution in [1.82, 2.24) is 0 Å². The van der Waals surface area contributed by atoms with Gasteiger partial charge in [-0.05, 0) is 11.6 Å². The fourth-order valence-corrected chi connectivity index (χ4v) is 2.13. The average molecular weight is 233 g/mol. The number of carbonyl (C=O) groups is 2. The number of benzene rings is 1. The molecule has 0 spiro atoms. The first kappa shape index (κ1) is 11.6. The summed E-state index contributed by atoms with van der Waals surface area (Å²) in [4.78, 5) is 24.7. The lowest BCUT2D eigenvalue weighted by Gasteiger charge is -2.24. The number of anilines is 1. The van der Waals surface area contributed by atoms with Crippen LogP contribution in [-0.4, -0.2) is 23.0 Å². The molecule has 1 N–H and O–H groups in total. The van der Waals surface area contributed by atoms with Gasteiger partial charge in [-0.2, -0.15) is 0 Å². The quantitative estimate of drug-likeness (QED) is 0.845. The summed E-state index contributed by atoms with van der Waals surface area (Å²) in [5, 5.41) is 9.19. The molecule has 1 aromatic rings. The van der Waals surface area contributed by atoms with Crippen molar-refractivity contribution < 1.29 is 14.7 Å². The number of rotatable bonds is 2. The summed E-state index contributed by atoms with van der Waals surface area (Å²) in [6.45, 7) is 3.56. The third-order valence-corrected chi connectivity index (χ3v) is 2.99. The number of para-hydroxylation sites is 1. The van der Waals surface area contributed by atoms with Crippen LogP contribution >= 0.6 is 0 Å². The number of hydrogen-bond donors (Lipinski definition) is 1. The average Bonchev–Trinajstić information content (AvgIpc) is 2.67. The number of carbonyl (C=O) groups excluding carboxylic acids is 1. The molecule has 90 valence electrons. The summed E-state index contributed by atoms with van der Waals surface area (Å²) in [6.07, 6.45) is 0.393. The van der Waals surface area contributed by atoms with E-state index < -0.39 is 12.0 Å². The van der Waals surface area contributed by atoms with Gasteiger partial charge in [0.1, 0.15) is 6.04 Å². The number of aliphatic carboxylic acids is 1. The van der Waals surface area contributed by atoms with Gasteiger partial charge < -0.3 is 5.11 Å². The highest BCUT2D eigenvalue weighted by atomic mass is 16.4. The SMILES string of the molecule is CC(C)C(=O)N1c2ccccc2C[C@H]1C(=O)O. The maximum Gasteiger partial charge on any atom is 0.327 e. The van der Waals surface area contributed by atoms with Crippen molar-refractivity contribution in [3.63, 3.8) is 0 Å². The van der Waals surface area contributed by atoms with Crippen molar-refractivity contribution >= 4 is 17.6 Å². The summed E-state index contributed by atoms with van der Waals surface area (Å²) in [5.74, 6) is -1.29. The van der Waals surface area contributed by atoms with E-state index in [0.29, 0.717) is 6.42 Å². The van der Waals surface area contributed by atoms with Gasteiger partial charge in [-0.15, -0.1) is 0 Å². The van der Waals surface area contributed by atoms with Gasteiger partial charge in [0.25, 0.3) is 0 Å². The maximum atomic E-state index is 12.1. The lowest BCUT2D eigenvalue weighted by Crippen LogP contribution is -2.44. The summed E-state index contributed by atoms with van der Waals surface area (Å²) >= 11 is 0. The van der Waals surface area contributed by atoms with E-state index in [2.05, 4.69) is 0 Å². The maximum absolute atomic E-state index is 12.1. The molecule has 1 heterocycles. The van der Waals surface area contributed by atoms with Crippen molar-refractivity contribution in [3.05, 3.63) is 29.8 Å².